The Morgan fingerprint density at radius 3 is 2.46 bits per heavy atom. The summed E-state index contributed by atoms with van der Waals surface area (Å²) in [6, 6.07) is 8.45. The minimum absolute atomic E-state index is 0.128. The van der Waals surface area contributed by atoms with Gasteiger partial charge in [0.1, 0.15) is 11.5 Å². The number of carbonyl (C=O) groups excluding carboxylic acids is 2. The highest BCUT2D eigenvalue weighted by Crippen LogP contribution is 2.38. The Kier molecular flexibility index (Phi) is 6.93. The summed E-state index contributed by atoms with van der Waals surface area (Å²) in [6.07, 6.45) is 0. The van der Waals surface area contributed by atoms with Crippen molar-refractivity contribution in [1.29, 1.82) is 0 Å². The van der Waals surface area contributed by atoms with Crippen molar-refractivity contribution in [1.82, 2.24) is 15.5 Å². The molecule has 0 unspecified atom stereocenters. The van der Waals surface area contributed by atoms with Crippen molar-refractivity contribution >= 4 is 38.9 Å². The Morgan fingerprint density at radius 2 is 1.86 bits per heavy atom. The second-order valence-electron chi connectivity index (χ2n) is 9.31. The van der Waals surface area contributed by atoms with Gasteiger partial charge >= 0.3 is 0 Å². The lowest BCUT2D eigenvalue weighted by Crippen LogP contribution is -2.39. The van der Waals surface area contributed by atoms with Crippen LogP contribution in [0.1, 0.15) is 32.2 Å². The Hall–Kier alpha value is -3.61. The summed E-state index contributed by atoms with van der Waals surface area (Å²) in [6.45, 7) is 4.89. The van der Waals surface area contributed by atoms with E-state index in [1.807, 2.05) is 20.8 Å². The maximum Gasteiger partial charge on any atom is 0.275 e. The molecular formula is C24H23ClFN5O5S. The first-order valence-corrected chi connectivity index (χ1v) is 12.9. The smallest absolute Gasteiger partial charge is 0.275 e. The van der Waals surface area contributed by atoms with Crippen LogP contribution in [-0.4, -0.2) is 37.0 Å². The van der Waals surface area contributed by atoms with Crippen LogP contribution in [0.25, 0.3) is 11.5 Å². The summed E-state index contributed by atoms with van der Waals surface area (Å²) in [5, 5.41) is 11.2. The van der Waals surface area contributed by atoms with Gasteiger partial charge in [-0.3, -0.25) is 9.59 Å². The van der Waals surface area contributed by atoms with Gasteiger partial charge in [-0.05, 0) is 29.8 Å². The van der Waals surface area contributed by atoms with Crippen LogP contribution in [-0.2, 0) is 31.4 Å². The zero-order chi connectivity index (χ0) is 27.1. The molecule has 3 aromatic rings. The van der Waals surface area contributed by atoms with Gasteiger partial charge in [0.05, 0.1) is 34.6 Å². The molecule has 2 heterocycles. The molecule has 0 fully saturated rings. The predicted molar refractivity (Wildman–Crippen MR) is 133 cm³/mol. The average molecular weight is 548 g/mol. The molecule has 1 aliphatic heterocycles. The van der Waals surface area contributed by atoms with Gasteiger partial charge in [-0.1, -0.05) is 44.5 Å². The Balaban J connectivity index is 1.92. The molecule has 0 aliphatic carbocycles. The summed E-state index contributed by atoms with van der Waals surface area (Å²) in [5.41, 5.74) is 4.54. The number of rotatable bonds is 5. The van der Waals surface area contributed by atoms with Crippen LogP contribution in [0.5, 0.6) is 0 Å². The van der Waals surface area contributed by atoms with E-state index in [1.165, 1.54) is 0 Å². The first kappa shape index (κ1) is 26.5. The van der Waals surface area contributed by atoms with Crippen molar-refractivity contribution in [3.8, 4) is 11.5 Å². The minimum Gasteiger partial charge on any atom is -0.420 e. The van der Waals surface area contributed by atoms with Gasteiger partial charge in [0.15, 0.2) is 0 Å². The largest absolute Gasteiger partial charge is 0.420 e. The number of nitrogens with one attached hydrogen (secondary N) is 1. The van der Waals surface area contributed by atoms with Crippen molar-refractivity contribution in [2.75, 3.05) is 11.4 Å². The van der Waals surface area contributed by atoms with E-state index < -0.39 is 50.0 Å². The molecule has 0 saturated carbocycles. The van der Waals surface area contributed by atoms with Crippen LogP contribution in [0.4, 0.5) is 10.1 Å². The van der Waals surface area contributed by atoms with Crippen LogP contribution in [0, 0.1) is 5.82 Å². The quantitative estimate of drug-likeness (QED) is 0.495. The second kappa shape index (κ2) is 9.69. The normalized spacial score (nSPS) is 15.1. The number of fused-ring (bicyclic) bond motifs is 1. The van der Waals surface area contributed by atoms with E-state index in [1.54, 1.807) is 24.3 Å². The van der Waals surface area contributed by atoms with E-state index in [-0.39, 0.29) is 29.6 Å². The number of amides is 2. The Morgan fingerprint density at radius 1 is 1.19 bits per heavy atom. The van der Waals surface area contributed by atoms with Gasteiger partial charge < -0.3 is 20.4 Å². The first-order chi connectivity index (χ1) is 17.3. The van der Waals surface area contributed by atoms with Gasteiger partial charge in [0, 0.05) is 10.4 Å². The number of nitrogens with two attached hydrogens (primary N) is 1. The molecule has 37 heavy (non-hydrogen) atoms. The maximum absolute atomic E-state index is 15.3. The standard InChI is InChI=1S/C24H23ClFN5O5S/c1-24(2,3)23-30-29-21(36-23)15-8-18-19(9-16(15)26)37(34,35)12-17(28-20(32)10-27)22(33)31(18)11-13-4-6-14(25)7-5-13/h4-9,12H,10-11,27H2,1-3H3,(H,28,32). The van der Waals surface area contributed by atoms with Crippen LogP contribution in [0.2, 0.25) is 5.02 Å². The van der Waals surface area contributed by atoms with E-state index in [0.717, 1.165) is 17.0 Å². The summed E-state index contributed by atoms with van der Waals surface area (Å²) in [5.74, 6) is -2.52. The average Bonchev–Trinajstić information content (AvgIpc) is 3.31. The number of anilines is 1. The first-order valence-electron chi connectivity index (χ1n) is 11.0. The molecule has 1 aromatic heterocycles. The van der Waals surface area contributed by atoms with E-state index in [4.69, 9.17) is 21.8 Å². The third-order valence-corrected chi connectivity index (χ3v) is 7.14. The number of sulfone groups is 1. The van der Waals surface area contributed by atoms with Crippen LogP contribution in [0.3, 0.4) is 0 Å². The van der Waals surface area contributed by atoms with E-state index in [0.29, 0.717) is 16.0 Å². The van der Waals surface area contributed by atoms with Crippen LogP contribution < -0.4 is 16.0 Å². The number of hydrogen-bond donors (Lipinski definition) is 2. The molecule has 0 spiro atoms. The molecule has 2 aromatic carbocycles. The molecule has 2 amide bonds. The van der Waals surface area contributed by atoms with Gasteiger partial charge in [0.2, 0.25) is 21.6 Å². The molecule has 0 atom stereocenters. The number of halogens is 2. The van der Waals surface area contributed by atoms with Crippen molar-refractivity contribution in [2.45, 2.75) is 37.6 Å². The molecule has 10 nitrogen and oxygen atoms in total. The fourth-order valence-electron chi connectivity index (χ4n) is 3.52. The third-order valence-electron chi connectivity index (χ3n) is 5.40. The molecule has 0 radical (unpaired) electrons. The summed E-state index contributed by atoms with van der Waals surface area (Å²) in [4.78, 5) is 26.1. The topological polar surface area (TPSA) is 148 Å². The predicted octanol–water partition coefficient (Wildman–Crippen LogP) is 3.06. The zero-order valence-corrected chi connectivity index (χ0v) is 21.7. The molecule has 3 N–H and O–H groups in total. The number of carbonyl (C=O) groups is 2. The maximum atomic E-state index is 15.3. The van der Waals surface area contributed by atoms with Crippen molar-refractivity contribution in [3.05, 3.63) is 69.8 Å². The van der Waals surface area contributed by atoms with E-state index >= 15 is 4.39 Å². The molecule has 4 rings (SSSR count). The molecule has 13 heteroatoms. The van der Waals surface area contributed by atoms with Gasteiger partial charge in [-0.25, -0.2) is 12.8 Å². The van der Waals surface area contributed by atoms with E-state index in [9.17, 15) is 18.0 Å². The molecule has 194 valence electrons. The highest BCUT2D eigenvalue weighted by molar-refractivity contribution is 7.94. The Labute approximate surface area is 217 Å². The van der Waals surface area contributed by atoms with Crippen LogP contribution >= 0.6 is 11.6 Å². The lowest BCUT2D eigenvalue weighted by Gasteiger charge is -2.24. The van der Waals surface area contributed by atoms with Crippen LogP contribution in [0.15, 0.2) is 56.8 Å². The highest BCUT2D eigenvalue weighted by Gasteiger charge is 2.35. The van der Waals surface area contributed by atoms with Gasteiger partial charge in [-0.2, -0.15) is 0 Å². The molecule has 0 bridgehead atoms. The second-order valence-corrected chi connectivity index (χ2v) is 11.5. The highest BCUT2D eigenvalue weighted by atomic mass is 35.5. The third kappa shape index (κ3) is 5.41. The lowest BCUT2D eigenvalue weighted by atomic mass is 9.97. The molecule has 1 aliphatic rings. The van der Waals surface area contributed by atoms with Crippen molar-refractivity contribution in [3.63, 3.8) is 0 Å². The lowest BCUT2D eigenvalue weighted by molar-refractivity contribution is -0.122. The SMILES string of the molecule is CC(C)(C)c1nnc(-c2cc3c(cc2F)S(=O)(=O)C=C(NC(=O)CN)C(=O)N3Cc2ccc(Cl)cc2)o1. The fourth-order valence-corrected chi connectivity index (χ4v) is 4.97. The number of aromatic nitrogens is 2. The summed E-state index contributed by atoms with van der Waals surface area (Å²) >= 11 is 5.97. The van der Waals surface area contributed by atoms with E-state index in [2.05, 4.69) is 15.5 Å². The van der Waals surface area contributed by atoms with Gasteiger partial charge in [0.25, 0.3) is 11.8 Å². The number of nitrogens with zero attached hydrogens (tertiary/aromatic N) is 3. The fraction of sp³-hybridized carbons (Fsp3) is 0.250. The summed E-state index contributed by atoms with van der Waals surface area (Å²) < 4.78 is 47.4. The zero-order valence-electron chi connectivity index (χ0n) is 20.1. The van der Waals surface area contributed by atoms with Crippen molar-refractivity contribution < 1.29 is 26.8 Å². The van der Waals surface area contributed by atoms with Gasteiger partial charge in [-0.15, -0.1) is 10.2 Å². The van der Waals surface area contributed by atoms with Crippen molar-refractivity contribution in [2.24, 2.45) is 5.73 Å². The summed E-state index contributed by atoms with van der Waals surface area (Å²) in [7, 11) is -4.39. The monoisotopic (exact) mass is 547 g/mol. The molecule has 0 saturated heterocycles. The molecular weight excluding hydrogens is 525 g/mol. The number of hydrogen-bond acceptors (Lipinski definition) is 8. The minimum atomic E-state index is -4.39. The number of benzene rings is 2. The Bertz CT molecular complexity index is 1530.